The highest BCUT2D eigenvalue weighted by atomic mass is 16.4. The Morgan fingerprint density at radius 3 is 1.69 bits per heavy atom. The third kappa shape index (κ3) is 180. The monoisotopic (exact) mass is 196 g/mol. The van der Waals surface area contributed by atoms with Gasteiger partial charge in [-0.05, 0) is 13.3 Å². The molecule has 1 atom stereocenters. The van der Waals surface area contributed by atoms with E-state index >= 15 is 0 Å². The van der Waals surface area contributed by atoms with E-state index in [0.29, 0.717) is 6.42 Å². The molecule has 0 radical (unpaired) electrons. The van der Waals surface area contributed by atoms with Crippen molar-refractivity contribution in [2.45, 2.75) is 26.4 Å². The highest BCUT2D eigenvalue weighted by Gasteiger charge is 1.88. The van der Waals surface area contributed by atoms with Crippen molar-refractivity contribution in [3.8, 4) is 0 Å². The molecule has 0 saturated heterocycles. The lowest BCUT2D eigenvalue weighted by atomic mass is 10.3. The fourth-order valence-electron chi connectivity index (χ4n) is 0.187. The minimum Gasteiger partial charge on any atom is -0.481 e. The molecule has 0 aromatic carbocycles. The molecular formula is C8H20O5. The summed E-state index contributed by atoms with van der Waals surface area (Å²) < 4.78 is 4.25. The van der Waals surface area contributed by atoms with Crippen LogP contribution in [0.15, 0.2) is 0 Å². The first-order valence-corrected chi connectivity index (χ1v) is 3.80. The largest absolute Gasteiger partial charge is 0.481 e. The molecule has 5 nitrogen and oxygen atoms in total. The number of rotatable bonds is 2. The Bertz CT molecular complexity index is 88.5. The molecule has 0 bridgehead atoms. The first-order chi connectivity index (χ1) is 5.92. The SMILES string of the molecule is CC(=O)O.CC(O)CCO.COC. The summed E-state index contributed by atoms with van der Waals surface area (Å²) in [6, 6.07) is 0. The summed E-state index contributed by atoms with van der Waals surface area (Å²) in [7, 11) is 3.25. The van der Waals surface area contributed by atoms with Gasteiger partial charge in [-0.25, -0.2) is 0 Å². The number of aliphatic carboxylic acids is 1. The van der Waals surface area contributed by atoms with Crippen LogP contribution in [0.2, 0.25) is 0 Å². The molecule has 82 valence electrons. The summed E-state index contributed by atoms with van der Waals surface area (Å²) in [5, 5.41) is 23.9. The van der Waals surface area contributed by atoms with Crippen molar-refractivity contribution in [3.05, 3.63) is 0 Å². The van der Waals surface area contributed by atoms with Crippen LogP contribution in [-0.2, 0) is 9.53 Å². The topological polar surface area (TPSA) is 87.0 Å². The van der Waals surface area contributed by atoms with E-state index in [-0.39, 0.29) is 12.7 Å². The van der Waals surface area contributed by atoms with Gasteiger partial charge in [-0.3, -0.25) is 4.79 Å². The smallest absolute Gasteiger partial charge is 0.300 e. The lowest BCUT2D eigenvalue weighted by Gasteiger charge is -1.95. The molecule has 0 spiro atoms. The molecule has 1 unspecified atom stereocenters. The van der Waals surface area contributed by atoms with Gasteiger partial charge in [-0.2, -0.15) is 0 Å². The molecule has 0 aliphatic rings. The van der Waals surface area contributed by atoms with E-state index < -0.39 is 5.97 Å². The van der Waals surface area contributed by atoms with Crippen molar-refractivity contribution in [2.24, 2.45) is 0 Å². The zero-order chi connectivity index (χ0) is 11.3. The van der Waals surface area contributed by atoms with Crippen LogP contribution in [-0.4, -0.2) is 48.2 Å². The lowest BCUT2D eigenvalue weighted by Crippen LogP contribution is -2.00. The molecule has 0 saturated carbocycles. The van der Waals surface area contributed by atoms with Gasteiger partial charge in [-0.1, -0.05) is 0 Å². The number of aliphatic hydroxyl groups excluding tert-OH is 2. The summed E-state index contributed by atoms with van der Waals surface area (Å²) >= 11 is 0. The van der Waals surface area contributed by atoms with Gasteiger partial charge in [-0.15, -0.1) is 0 Å². The highest BCUT2D eigenvalue weighted by Crippen LogP contribution is 1.83. The molecule has 3 N–H and O–H groups in total. The molecule has 0 fully saturated rings. The maximum Gasteiger partial charge on any atom is 0.300 e. The minimum atomic E-state index is -0.833. The predicted molar refractivity (Wildman–Crippen MR) is 49.6 cm³/mol. The third-order valence-corrected chi connectivity index (χ3v) is 0.547. The highest BCUT2D eigenvalue weighted by molar-refractivity contribution is 5.62. The predicted octanol–water partition coefficient (Wildman–Crippen LogP) is 0.103. The number of hydrogen-bond donors (Lipinski definition) is 3. The summed E-state index contributed by atoms with van der Waals surface area (Å²) in [6.07, 6.45) is 0.134. The van der Waals surface area contributed by atoms with Crippen molar-refractivity contribution in [1.82, 2.24) is 0 Å². The second-order valence-corrected chi connectivity index (χ2v) is 2.29. The van der Waals surface area contributed by atoms with Crippen molar-refractivity contribution >= 4 is 5.97 Å². The molecule has 5 heteroatoms. The molecule has 0 rings (SSSR count). The van der Waals surface area contributed by atoms with E-state index in [0.717, 1.165) is 6.92 Å². The molecule has 0 heterocycles. The van der Waals surface area contributed by atoms with Crippen molar-refractivity contribution in [1.29, 1.82) is 0 Å². The molecule has 0 aromatic heterocycles. The average molecular weight is 196 g/mol. The average Bonchev–Trinajstić information content (AvgIpc) is 1.86. The molecule has 13 heavy (non-hydrogen) atoms. The van der Waals surface area contributed by atoms with Crippen molar-refractivity contribution in [3.63, 3.8) is 0 Å². The number of carboxylic acid groups (broad SMARTS) is 1. The first kappa shape index (κ1) is 18.2. The molecule has 0 aromatic rings. The Morgan fingerprint density at radius 1 is 1.46 bits per heavy atom. The van der Waals surface area contributed by atoms with Gasteiger partial charge < -0.3 is 20.1 Å². The Labute approximate surface area is 79.0 Å². The van der Waals surface area contributed by atoms with Gasteiger partial charge in [0.15, 0.2) is 0 Å². The number of hydrogen-bond acceptors (Lipinski definition) is 4. The maximum absolute atomic E-state index is 9.00. The van der Waals surface area contributed by atoms with Crippen LogP contribution in [0.25, 0.3) is 0 Å². The van der Waals surface area contributed by atoms with Crippen LogP contribution in [0.1, 0.15) is 20.3 Å². The minimum absolute atomic E-state index is 0.0810. The fraction of sp³-hybridized carbons (Fsp3) is 0.875. The zero-order valence-electron chi connectivity index (χ0n) is 8.65. The van der Waals surface area contributed by atoms with E-state index in [4.69, 9.17) is 20.1 Å². The molecule has 0 amide bonds. The van der Waals surface area contributed by atoms with Crippen LogP contribution < -0.4 is 0 Å². The van der Waals surface area contributed by atoms with E-state index in [2.05, 4.69) is 4.74 Å². The van der Waals surface area contributed by atoms with Crippen LogP contribution in [0, 0.1) is 0 Å². The Balaban J connectivity index is -0.000000125. The van der Waals surface area contributed by atoms with E-state index in [9.17, 15) is 0 Å². The standard InChI is InChI=1S/C4H10O2.C2H4O2.C2H6O/c1-4(6)2-3-5;1-2(3)4;1-3-2/h4-6H,2-3H2,1H3;1H3,(H,3,4);1-2H3. The van der Waals surface area contributed by atoms with Crippen molar-refractivity contribution < 1.29 is 24.9 Å². The van der Waals surface area contributed by atoms with E-state index in [1.165, 1.54) is 0 Å². The zero-order valence-corrected chi connectivity index (χ0v) is 8.65. The van der Waals surface area contributed by atoms with Gasteiger partial charge >= 0.3 is 0 Å². The summed E-state index contributed by atoms with van der Waals surface area (Å²) in [6.45, 7) is 2.81. The molecule has 0 aliphatic heterocycles. The fourth-order valence-corrected chi connectivity index (χ4v) is 0.187. The van der Waals surface area contributed by atoms with Crippen LogP contribution >= 0.6 is 0 Å². The number of carbonyl (C=O) groups is 1. The number of methoxy groups -OCH3 is 1. The maximum atomic E-state index is 9.00. The van der Waals surface area contributed by atoms with E-state index in [1.807, 2.05) is 0 Å². The Morgan fingerprint density at radius 2 is 1.69 bits per heavy atom. The normalized spacial score (nSPS) is 10.0. The number of carboxylic acids is 1. The first-order valence-electron chi connectivity index (χ1n) is 3.80. The van der Waals surface area contributed by atoms with Gasteiger partial charge in [0.25, 0.3) is 5.97 Å². The third-order valence-electron chi connectivity index (χ3n) is 0.547. The van der Waals surface area contributed by atoms with E-state index in [1.54, 1.807) is 21.1 Å². The molecule has 0 aliphatic carbocycles. The molecular weight excluding hydrogens is 176 g/mol. The van der Waals surface area contributed by atoms with Gasteiger partial charge in [0, 0.05) is 27.8 Å². The summed E-state index contributed by atoms with van der Waals surface area (Å²) in [5.41, 5.74) is 0. The second kappa shape index (κ2) is 17.4. The summed E-state index contributed by atoms with van der Waals surface area (Å²) in [5.74, 6) is -0.833. The van der Waals surface area contributed by atoms with Gasteiger partial charge in [0.1, 0.15) is 0 Å². The Kier molecular flexibility index (Phi) is 24.4. The quantitative estimate of drug-likeness (QED) is 0.583. The number of aliphatic hydroxyl groups is 2. The van der Waals surface area contributed by atoms with Crippen LogP contribution in [0.5, 0.6) is 0 Å². The van der Waals surface area contributed by atoms with Crippen LogP contribution in [0.4, 0.5) is 0 Å². The van der Waals surface area contributed by atoms with Crippen LogP contribution in [0.3, 0.4) is 0 Å². The van der Waals surface area contributed by atoms with Gasteiger partial charge in [0.05, 0.1) is 6.10 Å². The Hall–Kier alpha value is -0.650. The van der Waals surface area contributed by atoms with Gasteiger partial charge in [0.2, 0.25) is 0 Å². The van der Waals surface area contributed by atoms with Crippen molar-refractivity contribution in [2.75, 3.05) is 20.8 Å². The summed E-state index contributed by atoms with van der Waals surface area (Å²) in [4.78, 5) is 9.00. The number of ether oxygens (including phenoxy) is 1. The second-order valence-electron chi connectivity index (χ2n) is 2.29. The lowest BCUT2D eigenvalue weighted by molar-refractivity contribution is -0.134.